The molecule has 0 radical (unpaired) electrons. The molecule has 1 aromatic carbocycles. The van der Waals surface area contributed by atoms with Gasteiger partial charge in [0.2, 0.25) is 0 Å². The van der Waals surface area contributed by atoms with Crippen LogP contribution in [0.5, 0.6) is 5.75 Å². The number of carbonyl (C=O) groups excluding carboxylic acids is 1. The number of nitrogens with zero attached hydrogens (tertiary/aromatic N) is 1. The predicted molar refractivity (Wildman–Crippen MR) is 105 cm³/mol. The fraction of sp³-hybridized carbons (Fsp3) is 0.389. The lowest BCUT2D eigenvalue weighted by Crippen LogP contribution is -3.19. The number of hydrogen-bond acceptors (Lipinski definition) is 5. The highest BCUT2D eigenvalue weighted by atomic mass is 32.2. The van der Waals surface area contributed by atoms with Crippen molar-refractivity contribution in [2.45, 2.75) is 17.2 Å². The number of methoxy groups -OCH3 is 1. The van der Waals surface area contributed by atoms with Gasteiger partial charge in [-0.1, -0.05) is 6.07 Å². The van der Waals surface area contributed by atoms with E-state index >= 15 is 0 Å². The van der Waals surface area contributed by atoms with Crippen LogP contribution in [0.1, 0.15) is 6.92 Å². The van der Waals surface area contributed by atoms with E-state index in [1.54, 1.807) is 48.9 Å². The average molecular weight is 411 g/mol. The number of benzene rings is 1. The zero-order chi connectivity index (χ0) is 19.4. The van der Waals surface area contributed by atoms with Crippen LogP contribution in [-0.2, 0) is 14.8 Å². The Kier molecular flexibility index (Phi) is 6.15. The zero-order valence-electron chi connectivity index (χ0n) is 15.3. The van der Waals surface area contributed by atoms with Gasteiger partial charge in [-0.05, 0) is 42.6 Å². The van der Waals surface area contributed by atoms with Gasteiger partial charge in [0.25, 0.3) is 15.9 Å². The van der Waals surface area contributed by atoms with E-state index in [-0.39, 0.29) is 11.9 Å². The molecule has 1 fully saturated rings. The highest BCUT2D eigenvalue weighted by Crippen LogP contribution is 2.20. The minimum atomic E-state index is -3.42. The minimum Gasteiger partial charge on any atom is -0.497 e. The second-order valence-electron chi connectivity index (χ2n) is 6.43. The number of sulfonamides is 1. The first-order valence-corrected chi connectivity index (χ1v) is 11.1. The Hall–Kier alpha value is -1.94. The number of hydrogen-bond donors (Lipinski definition) is 2. The van der Waals surface area contributed by atoms with E-state index in [4.69, 9.17) is 4.74 Å². The van der Waals surface area contributed by atoms with Crippen molar-refractivity contribution in [2.75, 3.05) is 38.6 Å². The number of carbonyl (C=O) groups is 1. The molecule has 1 aliphatic rings. The maximum absolute atomic E-state index is 12.6. The van der Waals surface area contributed by atoms with Crippen LogP contribution in [0.15, 0.2) is 46.0 Å². The van der Waals surface area contributed by atoms with Gasteiger partial charge in [-0.25, -0.2) is 8.42 Å². The minimum absolute atomic E-state index is 0.0790. The molecule has 1 atom stereocenters. The molecule has 0 saturated carbocycles. The van der Waals surface area contributed by atoms with E-state index in [1.807, 2.05) is 6.92 Å². The summed E-state index contributed by atoms with van der Waals surface area (Å²) in [6.07, 6.45) is 0. The second kappa shape index (κ2) is 8.39. The molecule has 1 aromatic heterocycles. The van der Waals surface area contributed by atoms with Crippen molar-refractivity contribution in [3.63, 3.8) is 0 Å². The van der Waals surface area contributed by atoms with E-state index in [0.717, 1.165) is 10.6 Å². The third-order valence-electron chi connectivity index (χ3n) is 4.82. The van der Waals surface area contributed by atoms with Crippen molar-refractivity contribution in [3.05, 3.63) is 41.8 Å². The fourth-order valence-corrected chi connectivity index (χ4v) is 5.68. The van der Waals surface area contributed by atoms with Gasteiger partial charge in [-0.2, -0.15) is 4.31 Å². The number of rotatable bonds is 6. The first kappa shape index (κ1) is 19.8. The number of quaternary nitrogens is 1. The van der Waals surface area contributed by atoms with Gasteiger partial charge in [0, 0.05) is 5.69 Å². The van der Waals surface area contributed by atoms with Crippen LogP contribution in [0.25, 0.3) is 0 Å². The lowest BCUT2D eigenvalue weighted by molar-refractivity contribution is -0.917. The Morgan fingerprint density at radius 2 is 1.89 bits per heavy atom. The summed E-state index contributed by atoms with van der Waals surface area (Å²) < 4.78 is 32.2. The topological polar surface area (TPSA) is 80.2 Å². The van der Waals surface area contributed by atoms with Crippen LogP contribution < -0.4 is 15.0 Å². The summed E-state index contributed by atoms with van der Waals surface area (Å²) in [5, 5.41) is 4.67. The molecule has 0 aliphatic carbocycles. The van der Waals surface area contributed by atoms with Crippen molar-refractivity contribution in [1.82, 2.24) is 4.31 Å². The fourth-order valence-electron chi connectivity index (χ4n) is 3.09. The van der Waals surface area contributed by atoms with Crippen LogP contribution in [0.4, 0.5) is 5.69 Å². The molecule has 2 heterocycles. The molecule has 9 heteroatoms. The van der Waals surface area contributed by atoms with Gasteiger partial charge in [0.15, 0.2) is 6.04 Å². The molecule has 146 valence electrons. The molecule has 2 aromatic rings. The molecule has 27 heavy (non-hydrogen) atoms. The van der Waals surface area contributed by atoms with Crippen LogP contribution in [0.3, 0.4) is 0 Å². The Morgan fingerprint density at radius 1 is 1.22 bits per heavy atom. The summed E-state index contributed by atoms with van der Waals surface area (Å²) >= 11 is 1.23. The summed E-state index contributed by atoms with van der Waals surface area (Å²) in [6.45, 7) is 3.90. The van der Waals surface area contributed by atoms with Gasteiger partial charge in [0.05, 0.1) is 33.3 Å². The first-order chi connectivity index (χ1) is 12.9. The number of piperazine rings is 1. The molecular formula is C18H24N3O4S2+. The summed E-state index contributed by atoms with van der Waals surface area (Å²) in [5.41, 5.74) is 0.714. The first-order valence-electron chi connectivity index (χ1n) is 8.75. The van der Waals surface area contributed by atoms with E-state index in [9.17, 15) is 13.2 Å². The van der Waals surface area contributed by atoms with E-state index < -0.39 is 10.0 Å². The van der Waals surface area contributed by atoms with E-state index in [1.165, 1.54) is 15.6 Å². The summed E-state index contributed by atoms with van der Waals surface area (Å²) in [4.78, 5) is 13.6. The smallest absolute Gasteiger partial charge is 0.282 e. The summed E-state index contributed by atoms with van der Waals surface area (Å²) in [5.74, 6) is 0.652. The number of nitrogens with one attached hydrogen (secondary N) is 2. The number of anilines is 1. The van der Waals surface area contributed by atoms with Gasteiger partial charge < -0.3 is 15.0 Å². The van der Waals surface area contributed by atoms with Gasteiger partial charge in [-0.15, -0.1) is 11.3 Å². The Bertz CT molecular complexity index is 859. The molecule has 0 unspecified atom stereocenters. The number of thiophene rings is 1. The molecule has 3 rings (SSSR count). The predicted octanol–water partition coefficient (Wildman–Crippen LogP) is 0.673. The summed E-state index contributed by atoms with van der Waals surface area (Å²) in [7, 11) is -1.82. The molecule has 0 bridgehead atoms. The summed E-state index contributed by atoms with van der Waals surface area (Å²) in [6, 6.07) is 10.3. The molecule has 2 N–H and O–H groups in total. The number of ether oxygens (including phenoxy) is 1. The van der Waals surface area contributed by atoms with Crippen LogP contribution in [0, 0.1) is 0 Å². The third-order valence-corrected chi connectivity index (χ3v) is 8.09. The number of amides is 1. The molecule has 0 spiro atoms. The standard InChI is InChI=1S/C18H23N3O4S2/c1-14(18(22)19-15-5-7-16(25-2)8-6-15)20-9-11-21(12-10-20)27(23,24)17-4-3-13-26-17/h3-8,13-14H,9-12H2,1-2H3,(H,19,22)/p+1/t14-/m1/s1. The van der Waals surface area contributed by atoms with Crippen molar-refractivity contribution < 1.29 is 22.8 Å². The Balaban J connectivity index is 1.56. The van der Waals surface area contributed by atoms with Gasteiger partial charge >= 0.3 is 0 Å². The monoisotopic (exact) mass is 410 g/mol. The largest absolute Gasteiger partial charge is 0.497 e. The maximum atomic E-state index is 12.6. The lowest BCUT2D eigenvalue weighted by Gasteiger charge is -2.33. The quantitative estimate of drug-likeness (QED) is 0.734. The van der Waals surface area contributed by atoms with Crippen molar-refractivity contribution in [2.24, 2.45) is 0 Å². The van der Waals surface area contributed by atoms with Crippen molar-refractivity contribution in [1.29, 1.82) is 0 Å². The average Bonchev–Trinajstić information content (AvgIpc) is 3.24. The highest BCUT2D eigenvalue weighted by Gasteiger charge is 2.34. The lowest BCUT2D eigenvalue weighted by atomic mass is 10.2. The van der Waals surface area contributed by atoms with Crippen LogP contribution in [0.2, 0.25) is 0 Å². The van der Waals surface area contributed by atoms with E-state index in [2.05, 4.69) is 5.32 Å². The molecule has 1 amide bonds. The SMILES string of the molecule is COc1ccc(NC(=O)[C@@H](C)[NH+]2CCN(S(=O)(=O)c3cccs3)CC2)cc1. The maximum Gasteiger partial charge on any atom is 0.282 e. The molecule has 1 aliphatic heterocycles. The highest BCUT2D eigenvalue weighted by molar-refractivity contribution is 7.91. The molecule has 7 nitrogen and oxygen atoms in total. The van der Waals surface area contributed by atoms with Crippen molar-refractivity contribution in [3.8, 4) is 5.75 Å². The van der Waals surface area contributed by atoms with Crippen molar-refractivity contribution >= 4 is 33.0 Å². The second-order valence-corrected chi connectivity index (χ2v) is 9.55. The Morgan fingerprint density at radius 3 is 2.44 bits per heavy atom. The van der Waals surface area contributed by atoms with Crippen LogP contribution in [-0.4, -0.2) is 58.0 Å². The zero-order valence-corrected chi connectivity index (χ0v) is 17.0. The normalized spacial score (nSPS) is 17.4. The molecular weight excluding hydrogens is 386 g/mol. The van der Waals surface area contributed by atoms with Gasteiger partial charge in [0.1, 0.15) is 9.96 Å². The van der Waals surface area contributed by atoms with Gasteiger partial charge in [-0.3, -0.25) is 4.79 Å². The molecule has 1 saturated heterocycles. The van der Waals surface area contributed by atoms with Crippen LogP contribution >= 0.6 is 11.3 Å². The Labute approximate surface area is 163 Å². The third kappa shape index (κ3) is 4.49. The van der Waals surface area contributed by atoms with E-state index in [0.29, 0.717) is 36.1 Å².